The van der Waals surface area contributed by atoms with Crippen LogP contribution in [0.5, 0.6) is 0 Å². The Balaban J connectivity index is 2.35. The standard InChI is InChI=1S/C13H17NO5S/c14-10(12(15)16)6-7-20-8-19-11(13(17)18)9-4-2-1-3-5-9/h1-5,10-11H,6-8,14H2,(H,15,16)(H,17,18)/t10-,11?/m1/s1. The molecule has 1 rings (SSSR count). The maximum Gasteiger partial charge on any atom is 0.337 e. The predicted molar refractivity (Wildman–Crippen MR) is 75.5 cm³/mol. The molecule has 0 aliphatic rings. The van der Waals surface area contributed by atoms with Gasteiger partial charge in [0.2, 0.25) is 0 Å². The number of nitrogens with two attached hydrogens (primary N) is 1. The molecular formula is C13H17NO5S. The summed E-state index contributed by atoms with van der Waals surface area (Å²) in [4.78, 5) is 21.6. The van der Waals surface area contributed by atoms with Crippen molar-refractivity contribution in [1.82, 2.24) is 0 Å². The molecule has 1 unspecified atom stereocenters. The van der Waals surface area contributed by atoms with Gasteiger partial charge in [-0.25, -0.2) is 4.79 Å². The van der Waals surface area contributed by atoms with E-state index in [1.165, 1.54) is 11.8 Å². The van der Waals surface area contributed by atoms with Crippen LogP contribution in [0.3, 0.4) is 0 Å². The quantitative estimate of drug-likeness (QED) is 0.466. The summed E-state index contributed by atoms with van der Waals surface area (Å²) in [5.74, 6) is -1.44. The van der Waals surface area contributed by atoms with E-state index in [1.54, 1.807) is 30.3 Å². The van der Waals surface area contributed by atoms with E-state index in [2.05, 4.69) is 0 Å². The molecule has 6 nitrogen and oxygen atoms in total. The zero-order valence-electron chi connectivity index (χ0n) is 10.8. The first-order valence-corrected chi connectivity index (χ1v) is 7.13. The highest BCUT2D eigenvalue weighted by Crippen LogP contribution is 2.19. The van der Waals surface area contributed by atoms with E-state index >= 15 is 0 Å². The maximum absolute atomic E-state index is 11.1. The smallest absolute Gasteiger partial charge is 0.337 e. The van der Waals surface area contributed by atoms with E-state index in [1.807, 2.05) is 0 Å². The molecule has 0 aromatic heterocycles. The molecule has 20 heavy (non-hydrogen) atoms. The van der Waals surface area contributed by atoms with Crippen LogP contribution in [0.15, 0.2) is 30.3 Å². The fourth-order valence-electron chi connectivity index (χ4n) is 1.45. The Kier molecular flexibility index (Phi) is 7.06. The normalized spacial score (nSPS) is 13.7. The molecule has 0 amide bonds. The fourth-order valence-corrected chi connectivity index (χ4v) is 2.22. The predicted octanol–water partition coefficient (Wildman–Crippen LogP) is 1.32. The van der Waals surface area contributed by atoms with Crippen LogP contribution >= 0.6 is 11.8 Å². The third-order valence-corrected chi connectivity index (χ3v) is 3.36. The molecule has 0 saturated heterocycles. The number of hydrogen-bond acceptors (Lipinski definition) is 5. The average Bonchev–Trinajstić information content (AvgIpc) is 2.42. The summed E-state index contributed by atoms with van der Waals surface area (Å²) in [6.07, 6.45) is -0.705. The van der Waals surface area contributed by atoms with Gasteiger partial charge in [0, 0.05) is 0 Å². The molecule has 7 heteroatoms. The van der Waals surface area contributed by atoms with E-state index < -0.39 is 24.1 Å². The van der Waals surface area contributed by atoms with Crippen LogP contribution in [-0.2, 0) is 14.3 Å². The van der Waals surface area contributed by atoms with E-state index in [9.17, 15) is 9.59 Å². The van der Waals surface area contributed by atoms with Gasteiger partial charge in [0.1, 0.15) is 6.04 Å². The van der Waals surface area contributed by atoms with E-state index in [0.29, 0.717) is 17.7 Å². The summed E-state index contributed by atoms with van der Waals surface area (Å²) in [5.41, 5.74) is 5.92. The van der Waals surface area contributed by atoms with Gasteiger partial charge in [0.15, 0.2) is 6.10 Å². The third-order valence-electron chi connectivity index (χ3n) is 2.54. The van der Waals surface area contributed by atoms with Crippen molar-refractivity contribution >= 4 is 23.7 Å². The number of rotatable bonds is 9. The number of aliphatic carboxylic acids is 2. The van der Waals surface area contributed by atoms with Crippen molar-refractivity contribution in [2.45, 2.75) is 18.6 Å². The van der Waals surface area contributed by atoms with Crippen molar-refractivity contribution in [3.8, 4) is 0 Å². The van der Waals surface area contributed by atoms with Gasteiger partial charge in [-0.05, 0) is 17.7 Å². The molecule has 0 aliphatic heterocycles. The Morgan fingerprint density at radius 3 is 2.40 bits per heavy atom. The first kappa shape index (κ1) is 16.5. The lowest BCUT2D eigenvalue weighted by atomic mass is 10.1. The number of carbonyl (C=O) groups is 2. The Morgan fingerprint density at radius 2 is 1.85 bits per heavy atom. The number of ether oxygens (including phenoxy) is 1. The lowest BCUT2D eigenvalue weighted by molar-refractivity contribution is -0.149. The lowest BCUT2D eigenvalue weighted by Gasteiger charge is -2.14. The number of carboxylic acids is 2. The minimum Gasteiger partial charge on any atom is -0.480 e. The average molecular weight is 299 g/mol. The van der Waals surface area contributed by atoms with Gasteiger partial charge in [0.25, 0.3) is 0 Å². The van der Waals surface area contributed by atoms with Gasteiger partial charge in [-0.15, -0.1) is 11.8 Å². The Hall–Kier alpha value is -1.57. The lowest BCUT2D eigenvalue weighted by Crippen LogP contribution is -2.30. The van der Waals surface area contributed by atoms with Crippen molar-refractivity contribution in [3.05, 3.63) is 35.9 Å². The zero-order chi connectivity index (χ0) is 15.0. The zero-order valence-corrected chi connectivity index (χ0v) is 11.6. The molecular weight excluding hydrogens is 282 g/mol. The van der Waals surface area contributed by atoms with Gasteiger partial charge < -0.3 is 20.7 Å². The van der Waals surface area contributed by atoms with Crippen LogP contribution in [0.25, 0.3) is 0 Å². The number of benzene rings is 1. The van der Waals surface area contributed by atoms with E-state index in [0.717, 1.165) is 0 Å². The molecule has 4 N–H and O–H groups in total. The van der Waals surface area contributed by atoms with Crippen molar-refractivity contribution in [2.75, 3.05) is 11.7 Å². The topological polar surface area (TPSA) is 110 Å². The second-order valence-corrected chi connectivity index (χ2v) is 5.11. The van der Waals surface area contributed by atoms with Crippen LogP contribution in [-0.4, -0.2) is 39.9 Å². The number of hydrogen-bond donors (Lipinski definition) is 3. The number of thioether (sulfide) groups is 1. The molecule has 2 atom stereocenters. The monoisotopic (exact) mass is 299 g/mol. The molecule has 110 valence electrons. The molecule has 0 saturated carbocycles. The summed E-state index contributed by atoms with van der Waals surface area (Å²) in [6.45, 7) is 0. The summed E-state index contributed by atoms with van der Waals surface area (Å²) >= 11 is 1.31. The van der Waals surface area contributed by atoms with E-state index in [4.69, 9.17) is 20.7 Å². The van der Waals surface area contributed by atoms with E-state index in [-0.39, 0.29) is 5.94 Å². The summed E-state index contributed by atoms with van der Waals surface area (Å²) < 4.78 is 5.31. The SMILES string of the molecule is N[C@H](CCSCOC(C(=O)O)c1ccccc1)C(=O)O. The minimum absolute atomic E-state index is 0.165. The second-order valence-electron chi connectivity index (χ2n) is 4.06. The first-order chi connectivity index (χ1) is 9.52. The Labute approximate surface area is 120 Å². The molecule has 0 aliphatic carbocycles. The van der Waals surface area contributed by atoms with Crippen molar-refractivity contribution < 1.29 is 24.5 Å². The highest BCUT2D eigenvalue weighted by molar-refractivity contribution is 7.99. The summed E-state index contributed by atoms with van der Waals surface area (Å²) in [7, 11) is 0. The van der Waals surface area contributed by atoms with Gasteiger partial charge in [-0.2, -0.15) is 0 Å². The maximum atomic E-state index is 11.1. The van der Waals surface area contributed by atoms with Gasteiger partial charge >= 0.3 is 11.9 Å². The van der Waals surface area contributed by atoms with Crippen molar-refractivity contribution in [1.29, 1.82) is 0 Å². The molecule has 0 radical (unpaired) electrons. The van der Waals surface area contributed by atoms with Crippen LogP contribution in [0.4, 0.5) is 0 Å². The fraction of sp³-hybridized carbons (Fsp3) is 0.385. The van der Waals surface area contributed by atoms with Crippen LogP contribution in [0, 0.1) is 0 Å². The van der Waals surface area contributed by atoms with Crippen LogP contribution in [0.2, 0.25) is 0 Å². The third kappa shape index (κ3) is 5.60. The minimum atomic E-state index is -1.06. The molecule has 0 heterocycles. The highest BCUT2D eigenvalue weighted by atomic mass is 32.2. The number of carboxylic acid groups (broad SMARTS) is 2. The van der Waals surface area contributed by atoms with Crippen LogP contribution in [0.1, 0.15) is 18.1 Å². The molecule has 1 aromatic carbocycles. The summed E-state index contributed by atoms with van der Waals surface area (Å²) in [5, 5.41) is 17.7. The van der Waals surface area contributed by atoms with Gasteiger partial charge in [-0.1, -0.05) is 30.3 Å². The molecule has 0 bridgehead atoms. The van der Waals surface area contributed by atoms with Crippen LogP contribution < -0.4 is 5.73 Å². The van der Waals surface area contributed by atoms with Gasteiger partial charge in [0.05, 0.1) is 5.94 Å². The molecule has 0 spiro atoms. The van der Waals surface area contributed by atoms with Gasteiger partial charge in [-0.3, -0.25) is 4.79 Å². The van der Waals surface area contributed by atoms with Crippen molar-refractivity contribution in [2.24, 2.45) is 5.73 Å². The first-order valence-electron chi connectivity index (χ1n) is 5.98. The summed E-state index contributed by atoms with van der Waals surface area (Å²) in [6, 6.07) is 7.76. The Bertz CT molecular complexity index is 440. The molecule has 1 aromatic rings. The largest absolute Gasteiger partial charge is 0.480 e. The Morgan fingerprint density at radius 1 is 1.20 bits per heavy atom. The highest BCUT2D eigenvalue weighted by Gasteiger charge is 2.20. The van der Waals surface area contributed by atoms with Crippen molar-refractivity contribution in [3.63, 3.8) is 0 Å². The second kappa shape index (κ2) is 8.57. The molecule has 0 fully saturated rings.